The molecule has 2 aromatic carbocycles. The van der Waals surface area contributed by atoms with Gasteiger partial charge in [0.25, 0.3) is 0 Å². The Bertz CT molecular complexity index is 462. The van der Waals surface area contributed by atoms with Gasteiger partial charge in [-0.15, -0.1) is 0 Å². The van der Waals surface area contributed by atoms with E-state index in [0.29, 0.717) is 0 Å². The number of rotatable bonds is 4. The van der Waals surface area contributed by atoms with E-state index in [4.69, 9.17) is 0 Å². The topological polar surface area (TPSA) is 0 Å². The predicted molar refractivity (Wildman–Crippen MR) is 79.0 cm³/mol. The second-order valence-corrected chi connectivity index (χ2v) is 6.58. The van der Waals surface area contributed by atoms with E-state index in [0.717, 1.165) is 0 Å². The van der Waals surface area contributed by atoms with Crippen molar-refractivity contribution in [3.8, 4) is 0 Å². The van der Waals surface area contributed by atoms with Crippen LogP contribution in [0.3, 0.4) is 0 Å². The minimum atomic E-state index is -0.172. The third kappa shape index (κ3) is 2.96. The molecular weight excluding hydrogens is 223 g/mol. The van der Waals surface area contributed by atoms with Crippen molar-refractivity contribution in [2.75, 3.05) is 6.16 Å². The van der Waals surface area contributed by atoms with Gasteiger partial charge < -0.3 is 0 Å². The summed E-state index contributed by atoms with van der Waals surface area (Å²) in [5.74, 6) is 0. The van der Waals surface area contributed by atoms with Gasteiger partial charge in [0.2, 0.25) is 0 Å². The van der Waals surface area contributed by atoms with Crippen LogP contribution in [0.2, 0.25) is 0 Å². The van der Waals surface area contributed by atoms with Gasteiger partial charge in [0.05, 0.1) is 0 Å². The number of aryl methyl sites for hydroxylation is 1. The molecule has 0 saturated heterocycles. The molecule has 0 spiro atoms. The molecule has 0 fully saturated rings. The molecule has 0 nitrogen and oxygen atoms in total. The van der Waals surface area contributed by atoms with Crippen LogP contribution in [0.25, 0.3) is 0 Å². The molecule has 0 aliphatic rings. The molecule has 0 bridgehead atoms. The fourth-order valence-electron chi connectivity index (χ4n) is 2.09. The number of benzene rings is 2. The van der Waals surface area contributed by atoms with E-state index >= 15 is 0 Å². The molecule has 0 N–H and O–H groups in total. The second kappa shape index (κ2) is 5.98. The van der Waals surface area contributed by atoms with Gasteiger partial charge >= 0.3 is 0 Å². The highest BCUT2D eigenvalue weighted by molar-refractivity contribution is 7.73. The second-order valence-electron chi connectivity index (χ2n) is 4.27. The smallest absolute Gasteiger partial charge is 0.0166 e. The Labute approximate surface area is 105 Å². The van der Waals surface area contributed by atoms with Crippen LogP contribution < -0.4 is 10.6 Å². The van der Waals surface area contributed by atoms with E-state index in [2.05, 4.69) is 68.4 Å². The summed E-state index contributed by atoms with van der Waals surface area (Å²) in [6, 6.07) is 19.8. The van der Waals surface area contributed by atoms with Gasteiger partial charge in [0.1, 0.15) is 0 Å². The average molecular weight is 242 g/mol. The molecule has 1 unspecified atom stereocenters. The summed E-state index contributed by atoms with van der Waals surface area (Å²) in [7, 11) is -0.172. The first-order valence-corrected chi connectivity index (χ1v) is 7.74. The molecular formula is C16H19P. The van der Waals surface area contributed by atoms with Gasteiger partial charge in [0, 0.05) is 0 Å². The summed E-state index contributed by atoms with van der Waals surface area (Å²) in [5.41, 5.74) is 1.43. The van der Waals surface area contributed by atoms with Crippen LogP contribution in [0.15, 0.2) is 54.6 Å². The fraction of sp³-hybridized carbons (Fsp3) is 0.250. The lowest BCUT2D eigenvalue weighted by Crippen LogP contribution is -2.16. The summed E-state index contributed by atoms with van der Waals surface area (Å²) < 4.78 is 0. The SMILES string of the molecule is CCCP(c1ccccc1)c1ccccc1C. The van der Waals surface area contributed by atoms with Crippen molar-refractivity contribution in [1.82, 2.24) is 0 Å². The molecule has 2 rings (SSSR count). The number of hydrogen-bond donors (Lipinski definition) is 0. The molecule has 2 aromatic rings. The van der Waals surface area contributed by atoms with Crippen molar-refractivity contribution in [1.29, 1.82) is 0 Å². The van der Waals surface area contributed by atoms with E-state index in [9.17, 15) is 0 Å². The monoisotopic (exact) mass is 242 g/mol. The zero-order chi connectivity index (χ0) is 12.1. The van der Waals surface area contributed by atoms with E-state index < -0.39 is 0 Å². The molecule has 88 valence electrons. The molecule has 0 amide bonds. The van der Waals surface area contributed by atoms with Crippen LogP contribution in [-0.2, 0) is 0 Å². The summed E-state index contributed by atoms with van der Waals surface area (Å²) in [6.07, 6.45) is 2.53. The third-order valence-corrected chi connectivity index (χ3v) is 5.82. The van der Waals surface area contributed by atoms with Gasteiger partial charge in [-0.3, -0.25) is 0 Å². The van der Waals surface area contributed by atoms with Gasteiger partial charge in [0.15, 0.2) is 0 Å². The maximum absolute atomic E-state index is 2.30. The van der Waals surface area contributed by atoms with Crippen molar-refractivity contribution in [2.45, 2.75) is 20.3 Å². The largest absolute Gasteiger partial charge is 0.0650 e. The molecule has 0 radical (unpaired) electrons. The van der Waals surface area contributed by atoms with Crippen molar-refractivity contribution in [3.05, 3.63) is 60.2 Å². The Balaban J connectivity index is 2.39. The quantitative estimate of drug-likeness (QED) is 0.715. The van der Waals surface area contributed by atoms with Gasteiger partial charge in [-0.2, -0.15) is 0 Å². The molecule has 17 heavy (non-hydrogen) atoms. The van der Waals surface area contributed by atoms with Crippen molar-refractivity contribution in [3.63, 3.8) is 0 Å². The van der Waals surface area contributed by atoms with Gasteiger partial charge in [-0.1, -0.05) is 67.9 Å². The molecule has 1 heteroatoms. The van der Waals surface area contributed by atoms with Crippen LogP contribution in [0.5, 0.6) is 0 Å². The molecule has 0 heterocycles. The highest BCUT2D eigenvalue weighted by atomic mass is 31.1. The van der Waals surface area contributed by atoms with Crippen LogP contribution in [0.1, 0.15) is 18.9 Å². The van der Waals surface area contributed by atoms with Gasteiger partial charge in [-0.05, 0) is 37.2 Å². The minimum absolute atomic E-state index is 0.172. The van der Waals surface area contributed by atoms with Crippen molar-refractivity contribution < 1.29 is 0 Å². The summed E-state index contributed by atoms with van der Waals surface area (Å²) in [4.78, 5) is 0. The molecule has 0 aliphatic heterocycles. The summed E-state index contributed by atoms with van der Waals surface area (Å²) in [6.45, 7) is 4.50. The average Bonchev–Trinajstić information content (AvgIpc) is 2.38. The van der Waals surface area contributed by atoms with E-state index in [1.165, 1.54) is 28.8 Å². The normalized spacial score (nSPS) is 12.4. The standard InChI is InChI=1S/C16H19P/c1-3-13-17(15-10-5-4-6-11-15)16-12-8-7-9-14(16)2/h4-12H,3,13H2,1-2H3. The molecule has 0 aromatic heterocycles. The van der Waals surface area contributed by atoms with Crippen molar-refractivity contribution >= 4 is 18.5 Å². The highest BCUT2D eigenvalue weighted by Crippen LogP contribution is 2.35. The lowest BCUT2D eigenvalue weighted by atomic mass is 10.2. The van der Waals surface area contributed by atoms with Crippen molar-refractivity contribution in [2.24, 2.45) is 0 Å². The molecule has 0 saturated carbocycles. The maximum atomic E-state index is 2.30. The first-order valence-electron chi connectivity index (χ1n) is 6.21. The minimum Gasteiger partial charge on any atom is -0.0650 e. The fourth-order valence-corrected chi connectivity index (χ4v) is 4.61. The Morgan fingerprint density at radius 1 is 0.882 bits per heavy atom. The maximum Gasteiger partial charge on any atom is -0.0166 e. The lowest BCUT2D eigenvalue weighted by molar-refractivity contribution is 1.10. The zero-order valence-corrected chi connectivity index (χ0v) is 11.5. The van der Waals surface area contributed by atoms with Crippen LogP contribution >= 0.6 is 7.92 Å². The van der Waals surface area contributed by atoms with E-state index in [-0.39, 0.29) is 7.92 Å². The Kier molecular flexibility index (Phi) is 4.34. The molecule has 0 aliphatic carbocycles. The first-order chi connectivity index (χ1) is 8.33. The Morgan fingerprint density at radius 3 is 2.18 bits per heavy atom. The Morgan fingerprint density at radius 2 is 1.53 bits per heavy atom. The summed E-state index contributed by atoms with van der Waals surface area (Å²) >= 11 is 0. The van der Waals surface area contributed by atoms with E-state index in [1.807, 2.05) is 0 Å². The van der Waals surface area contributed by atoms with Crippen LogP contribution in [0.4, 0.5) is 0 Å². The third-order valence-electron chi connectivity index (χ3n) is 2.92. The van der Waals surface area contributed by atoms with Crippen LogP contribution in [-0.4, -0.2) is 6.16 Å². The van der Waals surface area contributed by atoms with Gasteiger partial charge in [-0.25, -0.2) is 0 Å². The van der Waals surface area contributed by atoms with E-state index in [1.54, 1.807) is 0 Å². The zero-order valence-electron chi connectivity index (χ0n) is 10.6. The van der Waals surface area contributed by atoms with Crippen LogP contribution in [0, 0.1) is 6.92 Å². The molecule has 1 atom stereocenters. The predicted octanol–water partition coefficient (Wildman–Crippen LogP) is 3.84. The number of hydrogen-bond acceptors (Lipinski definition) is 0. The highest BCUT2D eigenvalue weighted by Gasteiger charge is 2.13. The lowest BCUT2D eigenvalue weighted by Gasteiger charge is -2.19. The first kappa shape index (κ1) is 12.3. The summed E-state index contributed by atoms with van der Waals surface area (Å²) in [5, 5.41) is 3.04. The Hall–Kier alpha value is -1.13.